The van der Waals surface area contributed by atoms with E-state index in [0.29, 0.717) is 6.16 Å². The van der Waals surface area contributed by atoms with E-state index in [0.717, 1.165) is 10.0 Å². The van der Waals surface area contributed by atoms with Crippen molar-refractivity contribution in [3.05, 3.63) is 125 Å². The van der Waals surface area contributed by atoms with Gasteiger partial charge in [0.1, 0.15) is 29.3 Å². The molecule has 0 N–H and O–H groups in total. The first-order valence-corrected chi connectivity index (χ1v) is 12.3. The summed E-state index contributed by atoms with van der Waals surface area (Å²) in [5, 5.41) is 3.67. The summed E-state index contributed by atoms with van der Waals surface area (Å²) in [6, 6.07) is 39.2. The summed E-state index contributed by atoms with van der Waals surface area (Å²) in [7, 11) is -2.15. The second-order valence-corrected chi connectivity index (χ2v) is 11.3. The SMILES string of the molecule is O=C(C[P+](c1ccccc1)(c1ccccc1)c1ccccc1)c1ccc(Br)cc1.[Br-]. The van der Waals surface area contributed by atoms with Crippen LogP contribution >= 0.6 is 23.2 Å². The Balaban J connectivity index is 0.00000256. The summed E-state index contributed by atoms with van der Waals surface area (Å²) in [6.07, 6.45) is 0.465. The molecule has 0 aliphatic carbocycles. The van der Waals surface area contributed by atoms with Gasteiger partial charge in [0, 0.05) is 10.0 Å². The number of halogens is 2. The highest BCUT2D eigenvalue weighted by Gasteiger charge is 2.47. The number of ketones is 1. The van der Waals surface area contributed by atoms with E-state index in [4.69, 9.17) is 0 Å². The normalized spacial score (nSPS) is 10.8. The zero-order chi connectivity index (χ0) is 20.1. The lowest BCUT2D eigenvalue weighted by molar-refractivity contribution is -0.0000133. The monoisotopic (exact) mass is 538 g/mol. The smallest absolute Gasteiger partial charge is 0.201 e. The molecule has 1 nitrogen and oxygen atoms in total. The summed E-state index contributed by atoms with van der Waals surface area (Å²) in [6.45, 7) is 0. The third kappa shape index (κ3) is 4.64. The van der Waals surface area contributed by atoms with Crippen LogP contribution < -0.4 is 32.9 Å². The number of Topliss-reactive ketones (excluding diaryl/α,β-unsaturated/α-hetero) is 1. The van der Waals surface area contributed by atoms with Crippen molar-refractivity contribution < 1.29 is 21.8 Å². The Morgan fingerprint density at radius 1 is 0.600 bits per heavy atom. The first-order valence-electron chi connectivity index (χ1n) is 9.54. The minimum absolute atomic E-state index is 0. The number of carbonyl (C=O) groups excluding carboxylic acids is 1. The van der Waals surface area contributed by atoms with Crippen LogP contribution in [0.25, 0.3) is 0 Å². The van der Waals surface area contributed by atoms with Crippen LogP contribution in [0.3, 0.4) is 0 Å². The van der Waals surface area contributed by atoms with Gasteiger partial charge < -0.3 is 17.0 Å². The Morgan fingerprint density at radius 3 is 1.33 bits per heavy atom. The zero-order valence-corrected chi connectivity index (χ0v) is 20.4. The molecule has 0 aromatic heterocycles. The molecule has 0 radical (unpaired) electrons. The fourth-order valence-electron chi connectivity index (χ4n) is 3.71. The standard InChI is InChI=1S/C26H21BrOP.BrH/c27-22-18-16-21(17-19-22)26(28)20-29(23-10-4-1-5-11-23,24-12-6-2-7-13-24)25-14-8-3-9-15-25;/h1-19H,20H2;1H/q+1;/p-1. The molecule has 0 atom stereocenters. The van der Waals surface area contributed by atoms with Crippen LogP contribution in [0.1, 0.15) is 10.4 Å². The molecule has 0 bridgehead atoms. The summed E-state index contributed by atoms with van der Waals surface area (Å²) in [5.74, 6) is 0.169. The predicted molar refractivity (Wildman–Crippen MR) is 128 cm³/mol. The molecule has 4 aromatic rings. The topological polar surface area (TPSA) is 17.1 Å². The fraction of sp³-hybridized carbons (Fsp3) is 0.0385. The number of carbonyl (C=O) groups is 1. The van der Waals surface area contributed by atoms with Crippen LogP contribution in [0.5, 0.6) is 0 Å². The summed E-state index contributed by atoms with van der Waals surface area (Å²) < 4.78 is 0.976. The Hall–Kier alpha value is -2.06. The maximum Gasteiger partial charge on any atom is 0.201 e. The first kappa shape index (κ1) is 22.6. The van der Waals surface area contributed by atoms with Gasteiger partial charge in [-0.1, -0.05) is 82.7 Å². The van der Waals surface area contributed by atoms with E-state index < -0.39 is 7.26 Å². The number of hydrogen-bond acceptors (Lipinski definition) is 1. The molecule has 0 amide bonds. The zero-order valence-electron chi connectivity index (χ0n) is 16.3. The van der Waals surface area contributed by atoms with Crippen molar-refractivity contribution >= 4 is 44.9 Å². The van der Waals surface area contributed by atoms with Crippen LogP contribution in [0.2, 0.25) is 0 Å². The largest absolute Gasteiger partial charge is 1.00 e. The molecule has 0 saturated carbocycles. The second-order valence-electron chi connectivity index (χ2n) is 6.90. The van der Waals surface area contributed by atoms with Gasteiger partial charge in [-0.3, -0.25) is 4.79 Å². The van der Waals surface area contributed by atoms with E-state index in [2.05, 4.69) is 88.7 Å². The van der Waals surface area contributed by atoms with Crippen molar-refractivity contribution in [1.29, 1.82) is 0 Å². The lowest BCUT2D eigenvalue weighted by atomic mass is 10.2. The molecule has 4 heteroatoms. The third-order valence-corrected chi connectivity index (χ3v) is 9.97. The van der Waals surface area contributed by atoms with Gasteiger partial charge in [-0.25, -0.2) is 0 Å². The lowest BCUT2D eigenvalue weighted by Gasteiger charge is -2.27. The summed E-state index contributed by atoms with van der Waals surface area (Å²) >= 11 is 3.46. The molecule has 0 spiro atoms. The van der Waals surface area contributed by atoms with E-state index in [1.807, 2.05) is 42.5 Å². The molecule has 0 saturated heterocycles. The van der Waals surface area contributed by atoms with Crippen LogP contribution in [-0.4, -0.2) is 11.9 Å². The average Bonchev–Trinajstić information content (AvgIpc) is 2.79. The van der Waals surface area contributed by atoms with Crippen molar-refractivity contribution in [2.45, 2.75) is 0 Å². The molecule has 0 aliphatic rings. The molecule has 150 valence electrons. The van der Waals surface area contributed by atoms with E-state index in [-0.39, 0.29) is 22.8 Å². The van der Waals surface area contributed by atoms with Gasteiger partial charge in [0.05, 0.1) is 0 Å². The van der Waals surface area contributed by atoms with E-state index in [1.165, 1.54) is 15.9 Å². The minimum atomic E-state index is -2.15. The molecule has 0 aliphatic heterocycles. The quantitative estimate of drug-likeness (QED) is 0.272. The van der Waals surface area contributed by atoms with Crippen molar-refractivity contribution in [2.24, 2.45) is 0 Å². The molecule has 30 heavy (non-hydrogen) atoms. The number of rotatable bonds is 6. The van der Waals surface area contributed by atoms with Gasteiger partial charge in [0.25, 0.3) is 0 Å². The van der Waals surface area contributed by atoms with Crippen LogP contribution in [0, 0.1) is 0 Å². The second kappa shape index (κ2) is 10.3. The Labute approximate surface area is 197 Å². The summed E-state index contributed by atoms with van der Waals surface area (Å²) in [5.41, 5.74) is 0.750. The van der Waals surface area contributed by atoms with Crippen molar-refractivity contribution in [3.8, 4) is 0 Å². The van der Waals surface area contributed by atoms with Crippen LogP contribution in [0.4, 0.5) is 0 Å². The molecule has 0 fully saturated rings. The molecule has 0 unspecified atom stereocenters. The van der Waals surface area contributed by atoms with E-state index >= 15 is 0 Å². The van der Waals surface area contributed by atoms with Gasteiger partial charge in [0.15, 0.2) is 0 Å². The van der Waals surface area contributed by atoms with Gasteiger partial charge in [0.2, 0.25) is 5.78 Å². The van der Waals surface area contributed by atoms with Gasteiger partial charge >= 0.3 is 0 Å². The Kier molecular flexibility index (Phi) is 7.77. The molecule has 4 rings (SSSR count). The molecular formula is C26H21Br2OP. The maximum absolute atomic E-state index is 13.5. The van der Waals surface area contributed by atoms with Crippen LogP contribution in [0.15, 0.2) is 120 Å². The molecule has 0 heterocycles. The maximum atomic E-state index is 13.5. The highest BCUT2D eigenvalue weighted by molar-refractivity contribution is 9.10. The van der Waals surface area contributed by atoms with Gasteiger partial charge in [-0.2, -0.15) is 0 Å². The van der Waals surface area contributed by atoms with E-state index in [9.17, 15) is 4.79 Å². The average molecular weight is 540 g/mol. The third-order valence-electron chi connectivity index (χ3n) is 5.14. The Bertz CT molecular complexity index is 986. The summed E-state index contributed by atoms with van der Waals surface area (Å²) in [4.78, 5) is 13.5. The van der Waals surface area contributed by atoms with Crippen LogP contribution in [-0.2, 0) is 0 Å². The fourth-order valence-corrected chi connectivity index (χ4v) is 8.07. The van der Waals surface area contributed by atoms with Crippen molar-refractivity contribution in [1.82, 2.24) is 0 Å². The Morgan fingerprint density at radius 2 is 0.967 bits per heavy atom. The number of hydrogen-bond donors (Lipinski definition) is 0. The van der Waals surface area contributed by atoms with Crippen molar-refractivity contribution in [3.63, 3.8) is 0 Å². The highest BCUT2D eigenvalue weighted by atomic mass is 79.9. The predicted octanol–water partition coefficient (Wildman–Crippen LogP) is 2.63. The first-order chi connectivity index (χ1) is 14.2. The molecular weight excluding hydrogens is 519 g/mol. The highest BCUT2D eigenvalue weighted by Crippen LogP contribution is 2.55. The van der Waals surface area contributed by atoms with Gasteiger partial charge in [-0.05, 0) is 48.5 Å². The number of benzene rings is 4. The van der Waals surface area contributed by atoms with E-state index in [1.54, 1.807) is 0 Å². The van der Waals surface area contributed by atoms with Crippen molar-refractivity contribution in [2.75, 3.05) is 6.16 Å². The lowest BCUT2D eigenvalue weighted by Crippen LogP contribution is -3.00. The minimum Gasteiger partial charge on any atom is -1.00 e. The van der Waals surface area contributed by atoms with Gasteiger partial charge in [-0.15, -0.1) is 0 Å². The molecule has 4 aromatic carbocycles.